The maximum absolute atomic E-state index is 12.6. The molecule has 0 N–H and O–H groups in total. The number of hydroxylamine groups is 2. The molecule has 0 aromatic carbocycles. The zero-order valence-electron chi connectivity index (χ0n) is 14.2. The first-order valence-electron chi connectivity index (χ1n) is 7.60. The van der Waals surface area contributed by atoms with Gasteiger partial charge in [0.2, 0.25) is 0 Å². The Kier molecular flexibility index (Phi) is 5.18. The monoisotopic (exact) mass is 342 g/mol. The van der Waals surface area contributed by atoms with E-state index in [-0.39, 0.29) is 34.7 Å². The molecular weight excluding hydrogens is 320 g/mol. The van der Waals surface area contributed by atoms with E-state index in [0.717, 1.165) is 0 Å². The Labute approximate surface area is 140 Å². The predicted molar refractivity (Wildman–Crippen MR) is 87.8 cm³/mol. The molecule has 1 aromatic rings. The third kappa shape index (κ3) is 3.94. The number of carbonyl (C=O) groups is 1. The van der Waals surface area contributed by atoms with Crippen molar-refractivity contribution in [2.24, 2.45) is 7.05 Å². The summed E-state index contributed by atoms with van der Waals surface area (Å²) in [4.78, 5) is 30.0. The fourth-order valence-corrected chi connectivity index (χ4v) is 2.72. The van der Waals surface area contributed by atoms with Crippen molar-refractivity contribution in [3.63, 3.8) is 0 Å². The Morgan fingerprint density at radius 2 is 1.96 bits per heavy atom. The van der Waals surface area contributed by atoms with Crippen LogP contribution in [-0.4, -0.2) is 40.9 Å². The summed E-state index contributed by atoms with van der Waals surface area (Å²) < 4.78 is 6.84. The van der Waals surface area contributed by atoms with E-state index in [2.05, 4.69) is 0 Å². The molecule has 0 radical (unpaired) electrons. The predicted octanol–water partition coefficient (Wildman–Crippen LogP) is 2.34. The van der Waals surface area contributed by atoms with E-state index < -0.39 is 0 Å². The number of carbonyl (C=O) groups excluding carboxylic acids is 1. The molecule has 1 unspecified atom stereocenters. The van der Waals surface area contributed by atoms with Crippen molar-refractivity contribution >= 4 is 17.5 Å². The zero-order chi connectivity index (χ0) is 17.4. The minimum absolute atomic E-state index is 0.0300. The van der Waals surface area contributed by atoms with E-state index in [4.69, 9.17) is 21.2 Å². The van der Waals surface area contributed by atoms with E-state index in [1.807, 2.05) is 27.7 Å². The molecule has 1 atom stereocenters. The van der Waals surface area contributed by atoms with Crippen molar-refractivity contribution in [1.82, 2.24) is 9.63 Å². The molecule has 0 fully saturated rings. The van der Waals surface area contributed by atoms with Gasteiger partial charge in [-0.1, -0.05) is 18.5 Å². The van der Waals surface area contributed by atoms with Gasteiger partial charge in [0.1, 0.15) is 5.15 Å². The van der Waals surface area contributed by atoms with E-state index in [0.29, 0.717) is 24.3 Å². The Bertz CT molecular complexity index is 663. The van der Waals surface area contributed by atoms with Crippen LogP contribution in [0.15, 0.2) is 10.9 Å². The van der Waals surface area contributed by atoms with Gasteiger partial charge >= 0.3 is 0 Å². The van der Waals surface area contributed by atoms with Gasteiger partial charge in [-0.3, -0.25) is 14.4 Å². The van der Waals surface area contributed by atoms with Gasteiger partial charge in [-0.25, -0.2) is 5.06 Å². The van der Waals surface area contributed by atoms with Crippen molar-refractivity contribution in [2.45, 2.75) is 39.2 Å². The van der Waals surface area contributed by atoms with Gasteiger partial charge in [0.25, 0.3) is 11.5 Å². The summed E-state index contributed by atoms with van der Waals surface area (Å²) in [5.41, 5.74) is 0.538. The molecule has 0 saturated carbocycles. The molecule has 1 amide bonds. The van der Waals surface area contributed by atoms with Gasteiger partial charge in [-0.15, -0.1) is 0 Å². The number of aromatic nitrogens is 1. The summed E-state index contributed by atoms with van der Waals surface area (Å²) in [6, 6.07) is 1.48. The normalized spacial score (nSPS) is 18.3. The average Bonchev–Trinajstić information content (AvgIpc) is 2.44. The van der Waals surface area contributed by atoms with Crippen LogP contribution < -0.4 is 5.56 Å². The summed E-state index contributed by atoms with van der Waals surface area (Å²) in [6.07, 6.45) is 0. The highest BCUT2D eigenvalue weighted by molar-refractivity contribution is 6.33. The Morgan fingerprint density at radius 1 is 1.30 bits per heavy atom. The van der Waals surface area contributed by atoms with Crippen molar-refractivity contribution in [3.05, 3.63) is 32.7 Å². The van der Waals surface area contributed by atoms with Crippen LogP contribution in [0.3, 0.4) is 0 Å². The highest BCUT2D eigenvalue weighted by Crippen LogP contribution is 2.31. The standard InChI is InChI=1S/C16H23ClN2O4/c1-10-9-19(23-7-6-22-16(2,3)4)15(21)13-11(10)8-12(20)18(5)14(13)17/h8,10H,6-7,9H2,1-5H3. The molecule has 1 aliphatic rings. The molecule has 128 valence electrons. The first-order chi connectivity index (χ1) is 10.6. The number of nitrogens with zero attached hydrogens (tertiary/aromatic N) is 2. The van der Waals surface area contributed by atoms with Gasteiger partial charge in [0.15, 0.2) is 0 Å². The summed E-state index contributed by atoms with van der Waals surface area (Å²) in [7, 11) is 1.54. The molecule has 6 nitrogen and oxygen atoms in total. The lowest BCUT2D eigenvalue weighted by Gasteiger charge is -2.32. The van der Waals surface area contributed by atoms with Crippen LogP contribution in [0, 0.1) is 0 Å². The van der Waals surface area contributed by atoms with Crippen molar-refractivity contribution in [1.29, 1.82) is 0 Å². The lowest BCUT2D eigenvalue weighted by Crippen LogP contribution is -2.42. The van der Waals surface area contributed by atoms with E-state index in [9.17, 15) is 9.59 Å². The molecule has 0 bridgehead atoms. The molecule has 23 heavy (non-hydrogen) atoms. The molecule has 7 heteroatoms. The number of amides is 1. The Hall–Kier alpha value is -1.37. The van der Waals surface area contributed by atoms with Gasteiger partial charge in [0.05, 0.1) is 30.9 Å². The largest absolute Gasteiger partial charge is 0.373 e. The molecule has 2 heterocycles. The van der Waals surface area contributed by atoms with E-state index in [1.54, 1.807) is 7.05 Å². The molecule has 1 aromatic heterocycles. The van der Waals surface area contributed by atoms with Crippen LogP contribution in [-0.2, 0) is 16.6 Å². The topological polar surface area (TPSA) is 60.8 Å². The summed E-state index contributed by atoms with van der Waals surface area (Å²) in [5, 5.41) is 1.44. The number of rotatable bonds is 4. The number of fused-ring (bicyclic) bond motifs is 1. The number of hydrogen-bond donors (Lipinski definition) is 0. The fraction of sp³-hybridized carbons (Fsp3) is 0.625. The number of halogens is 1. The highest BCUT2D eigenvalue weighted by atomic mass is 35.5. The van der Waals surface area contributed by atoms with E-state index in [1.165, 1.54) is 15.7 Å². The van der Waals surface area contributed by atoms with Gasteiger partial charge in [0, 0.05) is 19.0 Å². The third-order valence-corrected chi connectivity index (χ3v) is 4.12. The summed E-state index contributed by atoms with van der Waals surface area (Å²) in [5.74, 6) is -0.355. The van der Waals surface area contributed by atoms with Crippen molar-refractivity contribution in [3.8, 4) is 0 Å². The summed E-state index contributed by atoms with van der Waals surface area (Å²) >= 11 is 6.20. The van der Waals surface area contributed by atoms with E-state index >= 15 is 0 Å². The minimum Gasteiger partial charge on any atom is -0.373 e. The van der Waals surface area contributed by atoms with Crippen LogP contribution in [0.5, 0.6) is 0 Å². The van der Waals surface area contributed by atoms with Crippen molar-refractivity contribution < 1.29 is 14.4 Å². The fourth-order valence-electron chi connectivity index (χ4n) is 2.45. The maximum Gasteiger partial charge on any atom is 0.280 e. The Balaban J connectivity index is 2.15. The maximum atomic E-state index is 12.6. The van der Waals surface area contributed by atoms with Gasteiger partial charge in [-0.05, 0) is 26.3 Å². The average molecular weight is 343 g/mol. The molecular formula is C16H23ClN2O4. The number of pyridine rings is 1. The molecule has 1 aliphatic heterocycles. The molecule has 0 spiro atoms. The molecule has 2 rings (SSSR count). The quantitative estimate of drug-likeness (QED) is 0.622. The number of ether oxygens (including phenoxy) is 1. The first-order valence-corrected chi connectivity index (χ1v) is 7.98. The van der Waals surface area contributed by atoms with Crippen molar-refractivity contribution in [2.75, 3.05) is 19.8 Å². The first kappa shape index (κ1) is 18.0. The number of hydrogen-bond acceptors (Lipinski definition) is 4. The van der Waals surface area contributed by atoms with Crippen LogP contribution in [0.4, 0.5) is 0 Å². The second kappa shape index (κ2) is 6.63. The van der Waals surface area contributed by atoms with Crippen LogP contribution in [0.1, 0.15) is 49.5 Å². The Morgan fingerprint density at radius 3 is 2.57 bits per heavy atom. The second-order valence-corrected chi connectivity index (χ2v) is 7.08. The van der Waals surface area contributed by atoms with Crippen LogP contribution >= 0.6 is 11.6 Å². The second-order valence-electron chi connectivity index (χ2n) is 6.72. The molecule has 0 aliphatic carbocycles. The lowest BCUT2D eigenvalue weighted by atomic mass is 9.93. The zero-order valence-corrected chi connectivity index (χ0v) is 14.9. The molecule has 0 saturated heterocycles. The SMILES string of the molecule is CC1CN(OCCOC(C)(C)C)C(=O)c2c1cc(=O)n(C)c2Cl. The minimum atomic E-state index is -0.325. The van der Waals surface area contributed by atoms with Gasteiger partial charge in [-0.2, -0.15) is 0 Å². The van der Waals surface area contributed by atoms with Crippen LogP contribution in [0.2, 0.25) is 5.15 Å². The lowest BCUT2D eigenvalue weighted by molar-refractivity contribution is -0.150. The van der Waals surface area contributed by atoms with Crippen LogP contribution in [0.25, 0.3) is 0 Å². The smallest absolute Gasteiger partial charge is 0.280 e. The van der Waals surface area contributed by atoms with Gasteiger partial charge < -0.3 is 9.30 Å². The highest BCUT2D eigenvalue weighted by Gasteiger charge is 2.33. The third-order valence-electron chi connectivity index (χ3n) is 3.68. The summed E-state index contributed by atoms with van der Waals surface area (Å²) in [6.45, 7) is 8.84.